The van der Waals surface area contributed by atoms with Gasteiger partial charge in [0.05, 0.1) is 11.4 Å². The summed E-state index contributed by atoms with van der Waals surface area (Å²) in [5, 5.41) is 7.95. The minimum atomic E-state index is 0.661. The summed E-state index contributed by atoms with van der Waals surface area (Å²) >= 11 is 0. The van der Waals surface area contributed by atoms with E-state index in [0.717, 1.165) is 37.8 Å². The van der Waals surface area contributed by atoms with Gasteiger partial charge >= 0.3 is 0 Å². The quantitative estimate of drug-likeness (QED) is 0.880. The summed E-state index contributed by atoms with van der Waals surface area (Å²) in [6.07, 6.45) is 1.27. The molecule has 2 heterocycles. The van der Waals surface area contributed by atoms with E-state index in [1.807, 2.05) is 11.7 Å². The molecule has 18 heavy (non-hydrogen) atoms. The molecule has 0 radical (unpaired) electrons. The van der Waals surface area contributed by atoms with Crippen LogP contribution in [0.1, 0.15) is 31.7 Å². The maximum Gasteiger partial charge on any atom is 0.0597 e. The predicted molar refractivity (Wildman–Crippen MR) is 74.5 cm³/mol. The Morgan fingerprint density at radius 1 is 1.50 bits per heavy atom. The van der Waals surface area contributed by atoms with Gasteiger partial charge in [0.1, 0.15) is 0 Å². The fourth-order valence-corrected chi connectivity index (χ4v) is 2.81. The molecule has 1 saturated heterocycles. The molecule has 0 amide bonds. The molecule has 2 rings (SSSR count). The van der Waals surface area contributed by atoms with Crippen molar-refractivity contribution in [3.05, 3.63) is 17.5 Å². The molecule has 1 aliphatic heterocycles. The molecule has 0 aliphatic carbocycles. The number of hydrogen-bond donors (Lipinski definition) is 1. The highest BCUT2D eigenvalue weighted by atomic mass is 15.3. The molecule has 1 aromatic rings. The molecule has 1 aromatic heterocycles. The van der Waals surface area contributed by atoms with Crippen molar-refractivity contribution in [2.24, 2.45) is 13.0 Å². The highest BCUT2D eigenvalue weighted by molar-refractivity contribution is 5.08. The first-order chi connectivity index (χ1) is 8.56. The third-order valence-corrected chi connectivity index (χ3v) is 3.68. The second-order valence-corrected chi connectivity index (χ2v) is 5.86. The Morgan fingerprint density at radius 3 is 2.89 bits per heavy atom. The minimum Gasteiger partial charge on any atom is -0.314 e. The molecule has 1 aliphatic rings. The van der Waals surface area contributed by atoms with Crippen LogP contribution in [0, 0.1) is 12.8 Å². The Kier molecular flexibility index (Phi) is 4.40. The van der Waals surface area contributed by atoms with Gasteiger partial charge in [0.25, 0.3) is 0 Å². The Hall–Kier alpha value is -0.870. The van der Waals surface area contributed by atoms with Gasteiger partial charge in [0.15, 0.2) is 0 Å². The zero-order chi connectivity index (χ0) is 13.1. The number of piperazine rings is 1. The summed E-state index contributed by atoms with van der Waals surface area (Å²) in [4.78, 5) is 2.60. The van der Waals surface area contributed by atoms with E-state index in [2.05, 4.69) is 42.2 Å². The van der Waals surface area contributed by atoms with Crippen molar-refractivity contribution < 1.29 is 0 Å². The first-order valence-electron chi connectivity index (χ1n) is 7.00. The molecular weight excluding hydrogens is 224 g/mol. The Bertz CT molecular complexity index is 383. The van der Waals surface area contributed by atoms with E-state index < -0.39 is 0 Å². The van der Waals surface area contributed by atoms with Crippen LogP contribution < -0.4 is 5.32 Å². The van der Waals surface area contributed by atoms with E-state index in [1.165, 1.54) is 12.1 Å². The van der Waals surface area contributed by atoms with E-state index >= 15 is 0 Å². The highest BCUT2D eigenvalue weighted by Crippen LogP contribution is 2.16. The lowest BCUT2D eigenvalue weighted by atomic mass is 10.0. The normalized spacial score (nSPS) is 21.7. The maximum atomic E-state index is 4.44. The Balaban J connectivity index is 2.03. The smallest absolute Gasteiger partial charge is 0.0597 e. The minimum absolute atomic E-state index is 0.661. The summed E-state index contributed by atoms with van der Waals surface area (Å²) in [5.74, 6) is 0.755. The molecule has 1 atom stereocenters. The molecular formula is C14H26N4. The summed E-state index contributed by atoms with van der Waals surface area (Å²) < 4.78 is 2.02. The maximum absolute atomic E-state index is 4.44. The summed E-state index contributed by atoms with van der Waals surface area (Å²) in [7, 11) is 2.04. The Morgan fingerprint density at radius 2 is 2.28 bits per heavy atom. The zero-order valence-electron chi connectivity index (χ0n) is 12.1. The van der Waals surface area contributed by atoms with Crippen molar-refractivity contribution in [3.8, 4) is 0 Å². The second-order valence-electron chi connectivity index (χ2n) is 5.86. The number of rotatable bonds is 4. The van der Waals surface area contributed by atoms with E-state index in [4.69, 9.17) is 0 Å². The van der Waals surface area contributed by atoms with E-state index in [9.17, 15) is 0 Å². The van der Waals surface area contributed by atoms with Gasteiger partial charge in [-0.1, -0.05) is 13.8 Å². The SMILES string of the molecule is Cc1cc(CN2CCNCC2CC(C)C)n(C)n1. The predicted octanol–water partition coefficient (Wildman–Crippen LogP) is 1.55. The number of nitrogens with one attached hydrogen (secondary N) is 1. The van der Waals surface area contributed by atoms with Gasteiger partial charge in [0, 0.05) is 39.3 Å². The van der Waals surface area contributed by atoms with Crippen LogP contribution in [0.2, 0.25) is 0 Å². The van der Waals surface area contributed by atoms with E-state index in [-0.39, 0.29) is 0 Å². The highest BCUT2D eigenvalue weighted by Gasteiger charge is 2.23. The van der Waals surface area contributed by atoms with Gasteiger partial charge in [-0.3, -0.25) is 9.58 Å². The fraction of sp³-hybridized carbons (Fsp3) is 0.786. The molecule has 4 heteroatoms. The standard InChI is InChI=1S/C14H26N4/c1-11(2)7-13-9-15-5-6-18(13)10-14-8-12(3)16-17(14)4/h8,11,13,15H,5-7,9-10H2,1-4H3. The number of aromatic nitrogens is 2. The largest absolute Gasteiger partial charge is 0.314 e. The van der Waals surface area contributed by atoms with Gasteiger partial charge in [-0.15, -0.1) is 0 Å². The first kappa shape index (κ1) is 13.6. The lowest BCUT2D eigenvalue weighted by molar-refractivity contribution is 0.131. The van der Waals surface area contributed by atoms with Crippen LogP contribution >= 0.6 is 0 Å². The van der Waals surface area contributed by atoms with E-state index in [0.29, 0.717) is 6.04 Å². The average Bonchev–Trinajstić information content (AvgIpc) is 2.59. The van der Waals surface area contributed by atoms with Crippen LogP contribution in [0.5, 0.6) is 0 Å². The zero-order valence-corrected chi connectivity index (χ0v) is 12.1. The van der Waals surface area contributed by atoms with Crippen molar-refractivity contribution in [1.29, 1.82) is 0 Å². The fourth-order valence-electron chi connectivity index (χ4n) is 2.81. The molecule has 1 unspecified atom stereocenters. The van der Waals surface area contributed by atoms with Crippen molar-refractivity contribution in [1.82, 2.24) is 20.0 Å². The third-order valence-electron chi connectivity index (χ3n) is 3.68. The van der Waals surface area contributed by atoms with Crippen LogP contribution in [0.4, 0.5) is 0 Å². The second kappa shape index (κ2) is 5.85. The molecule has 0 bridgehead atoms. The van der Waals surface area contributed by atoms with Crippen LogP contribution in [0.3, 0.4) is 0 Å². The van der Waals surface area contributed by atoms with Crippen LogP contribution in [0.15, 0.2) is 6.07 Å². The molecule has 0 aromatic carbocycles. The monoisotopic (exact) mass is 250 g/mol. The summed E-state index contributed by atoms with van der Waals surface area (Å²) in [6.45, 7) is 11.1. The third kappa shape index (κ3) is 3.33. The Labute approximate surface area is 110 Å². The van der Waals surface area contributed by atoms with Crippen molar-refractivity contribution in [3.63, 3.8) is 0 Å². The van der Waals surface area contributed by atoms with Crippen LogP contribution in [0.25, 0.3) is 0 Å². The van der Waals surface area contributed by atoms with Gasteiger partial charge < -0.3 is 5.32 Å². The van der Waals surface area contributed by atoms with Crippen molar-refractivity contribution in [2.45, 2.75) is 39.8 Å². The number of nitrogens with zero attached hydrogens (tertiary/aromatic N) is 3. The lowest BCUT2D eigenvalue weighted by Crippen LogP contribution is -2.51. The van der Waals surface area contributed by atoms with Crippen molar-refractivity contribution in [2.75, 3.05) is 19.6 Å². The molecule has 1 fully saturated rings. The van der Waals surface area contributed by atoms with Crippen LogP contribution in [-0.4, -0.2) is 40.4 Å². The molecule has 0 saturated carbocycles. The first-order valence-corrected chi connectivity index (χ1v) is 7.00. The van der Waals surface area contributed by atoms with E-state index in [1.54, 1.807) is 0 Å². The molecule has 0 spiro atoms. The van der Waals surface area contributed by atoms with Crippen molar-refractivity contribution >= 4 is 0 Å². The summed E-state index contributed by atoms with van der Waals surface area (Å²) in [6, 6.07) is 2.86. The topological polar surface area (TPSA) is 33.1 Å². The van der Waals surface area contributed by atoms with Gasteiger partial charge in [-0.05, 0) is 25.3 Å². The molecule has 4 nitrogen and oxygen atoms in total. The number of aryl methyl sites for hydroxylation is 2. The van der Waals surface area contributed by atoms with Crippen LogP contribution in [-0.2, 0) is 13.6 Å². The van der Waals surface area contributed by atoms with Gasteiger partial charge in [-0.25, -0.2) is 0 Å². The van der Waals surface area contributed by atoms with Gasteiger partial charge in [-0.2, -0.15) is 5.10 Å². The average molecular weight is 250 g/mol. The van der Waals surface area contributed by atoms with Gasteiger partial charge in [0.2, 0.25) is 0 Å². The number of hydrogen-bond acceptors (Lipinski definition) is 3. The molecule has 1 N–H and O–H groups in total. The summed E-state index contributed by atoms with van der Waals surface area (Å²) in [5.41, 5.74) is 2.44. The molecule has 102 valence electrons. The lowest BCUT2D eigenvalue weighted by Gasteiger charge is -2.37.